The molecule has 0 aromatic rings. The minimum atomic E-state index is 0.673. The summed E-state index contributed by atoms with van der Waals surface area (Å²) in [5.41, 5.74) is 6.76. The molecule has 1 saturated carbocycles. The van der Waals surface area contributed by atoms with E-state index in [1.165, 1.54) is 25.7 Å². The quantitative estimate of drug-likeness (QED) is 0.575. The zero-order valence-corrected chi connectivity index (χ0v) is 8.14. The maximum absolute atomic E-state index is 3.38. The number of fused-ring (bicyclic) bond motifs is 1. The molecule has 12 heavy (non-hydrogen) atoms. The summed E-state index contributed by atoms with van der Waals surface area (Å²) in [6, 6.07) is 1.35. The van der Waals surface area contributed by atoms with E-state index in [2.05, 4.69) is 24.7 Å². The lowest BCUT2D eigenvalue weighted by molar-refractivity contribution is 0.0874. The monoisotopic (exact) mass is 168 g/mol. The normalized spacial score (nSPS) is 48.5. The Bertz CT molecular complexity index is 140. The molecule has 0 aromatic carbocycles. The molecule has 2 nitrogen and oxygen atoms in total. The van der Waals surface area contributed by atoms with Gasteiger partial charge in [0.15, 0.2) is 0 Å². The molecule has 0 spiro atoms. The zero-order valence-electron chi connectivity index (χ0n) is 8.14. The predicted molar refractivity (Wildman–Crippen MR) is 50.6 cm³/mol. The molecule has 4 unspecified atom stereocenters. The van der Waals surface area contributed by atoms with E-state index >= 15 is 0 Å². The number of rotatable bonds is 0. The van der Waals surface area contributed by atoms with Gasteiger partial charge in [-0.05, 0) is 38.5 Å². The molecule has 4 atom stereocenters. The van der Waals surface area contributed by atoms with Gasteiger partial charge in [0.1, 0.15) is 0 Å². The van der Waals surface area contributed by atoms with Gasteiger partial charge in [0, 0.05) is 12.1 Å². The molecule has 1 heterocycles. The Balaban J connectivity index is 2.05. The summed E-state index contributed by atoms with van der Waals surface area (Å²) in [4.78, 5) is 0. The Hall–Kier alpha value is -0.0800. The van der Waals surface area contributed by atoms with Crippen LogP contribution < -0.4 is 10.9 Å². The highest BCUT2D eigenvalue weighted by Crippen LogP contribution is 2.35. The van der Waals surface area contributed by atoms with Crippen molar-refractivity contribution in [3.8, 4) is 0 Å². The van der Waals surface area contributed by atoms with E-state index < -0.39 is 0 Å². The molecule has 2 fully saturated rings. The topological polar surface area (TPSA) is 24.1 Å². The van der Waals surface area contributed by atoms with Crippen LogP contribution in [-0.2, 0) is 0 Å². The van der Waals surface area contributed by atoms with Crippen LogP contribution in [0.25, 0.3) is 0 Å². The first kappa shape index (κ1) is 8.52. The summed E-state index contributed by atoms with van der Waals surface area (Å²) >= 11 is 0. The molecule has 2 N–H and O–H groups in total. The van der Waals surface area contributed by atoms with Gasteiger partial charge in [0.25, 0.3) is 0 Å². The van der Waals surface area contributed by atoms with Gasteiger partial charge in [-0.25, -0.2) is 0 Å². The van der Waals surface area contributed by atoms with E-state index in [9.17, 15) is 0 Å². The van der Waals surface area contributed by atoms with Crippen LogP contribution in [0.5, 0.6) is 0 Å². The van der Waals surface area contributed by atoms with Crippen molar-refractivity contribution in [2.24, 2.45) is 11.8 Å². The second kappa shape index (κ2) is 3.35. The Labute approximate surface area is 75.1 Å². The van der Waals surface area contributed by atoms with Gasteiger partial charge < -0.3 is 0 Å². The van der Waals surface area contributed by atoms with Crippen molar-refractivity contribution in [3.05, 3.63) is 0 Å². The lowest BCUT2D eigenvalue weighted by atomic mass is 9.72. The molecule has 2 heteroatoms. The summed E-state index contributed by atoms with van der Waals surface area (Å²) in [6.07, 6.45) is 5.76. The molecule has 0 amide bonds. The van der Waals surface area contributed by atoms with E-state index in [1.54, 1.807) is 0 Å². The summed E-state index contributed by atoms with van der Waals surface area (Å²) < 4.78 is 0. The average Bonchev–Trinajstić information content (AvgIpc) is 2.12. The number of hydrazine groups is 1. The predicted octanol–water partition coefficient (Wildman–Crippen LogP) is 1.68. The van der Waals surface area contributed by atoms with Crippen LogP contribution in [0, 0.1) is 11.8 Å². The van der Waals surface area contributed by atoms with Crippen molar-refractivity contribution in [2.45, 2.75) is 51.6 Å². The third-order valence-corrected chi connectivity index (χ3v) is 3.70. The van der Waals surface area contributed by atoms with Crippen molar-refractivity contribution in [2.75, 3.05) is 0 Å². The van der Waals surface area contributed by atoms with Gasteiger partial charge in [-0.1, -0.05) is 12.8 Å². The van der Waals surface area contributed by atoms with Crippen molar-refractivity contribution >= 4 is 0 Å². The van der Waals surface area contributed by atoms with E-state index in [0.717, 1.165) is 11.8 Å². The molecule has 2 rings (SSSR count). The maximum atomic E-state index is 3.38. The Kier molecular flexibility index (Phi) is 2.37. The van der Waals surface area contributed by atoms with Crippen molar-refractivity contribution < 1.29 is 0 Å². The molecular formula is C10H20N2. The molecule has 1 aliphatic heterocycles. The second-order valence-electron chi connectivity index (χ2n) is 4.48. The third kappa shape index (κ3) is 1.38. The van der Waals surface area contributed by atoms with Gasteiger partial charge in [0.2, 0.25) is 0 Å². The fourth-order valence-electron chi connectivity index (χ4n) is 2.91. The fraction of sp³-hybridized carbons (Fsp3) is 1.00. The Morgan fingerprint density at radius 1 is 0.833 bits per heavy atom. The number of nitrogens with one attached hydrogen (secondary N) is 2. The molecule has 1 aliphatic carbocycles. The van der Waals surface area contributed by atoms with E-state index in [1.807, 2.05) is 0 Å². The van der Waals surface area contributed by atoms with Crippen LogP contribution in [0.4, 0.5) is 0 Å². The fourth-order valence-corrected chi connectivity index (χ4v) is 2.91. The van der Waals surface area contributed by atoms with Gasteiger partial charge in [-0.2, -0.15) is 0 Å². The molecule has 1 saturated heterocycles. The van der Waals surface area contributed by atoms with Crippen LogP contribution in [0.3, 0.4) is 0 Å². The highest BCUT2D eigenvalue weighted by molar-refractivity contribution is 4.90. The van der Waals surface area contributed by atoms with Crippen molar-refractivity contribution in [3.63, 3.8) is 0 Å². The molecule has 0 aromatic heterocycles. The first-order chi connectivity index (χ1) is 5.79. The minimum Gasteiger partial charge on any atom is -0.255 e. The van der Waals surface area contributed by atoms with Gasteiger partial charge in [0.05, 0.1) is 0 Å². The summed E-state index contributed by atoms with van der Waals surface area (Å²) in [5, 5.41) is 0. The van der Waals surface area contributed by atoms with Crippen LogP contribution in [-0.4, -0.2) is 12.1 Å². The molecule has 0 radical (unpaired) electrons. The zero-order chi connectivity index (χ0) is 8.55. The van der Waals surface area contributed by atoms with E-state index in [-0.39, 0.29) is 0 Å². The lowest BCUT2D eigenvalue weighted by Gasteiger charge is -2.44. The van der Waals surface area contributed by atoms with Crippen LogP contribution in [0.15, 0.2) is 0 Å². The summed E-state index contributed by atoms with van der Waals surface area (Å²) in [5.74, 6) is 1.85. The number of hydrogen-bond donors (Lipinski definition) is 2. The second-order valence-corrected chi connectivity index (χ2v) is 4.48. The highest BCUT2D eigenvalue weighted by Gasteiger charge is 2.36. The SMILES string of the molecule is CC1NNC(C)C2CCCCC12. The summed E-state index contributed by atoms with van der Waals surface area (Å²) in [7, 11) is 0. The first-order valence-electron chi connectivity index (χ1n) is 5.30. The lowest BCUT2D eigenvalue weighted by Crippen LogP contribution is -2.59. The molecule has 70 valence electrons. The van der Waals surface area contributed by atoms with Gasteiger partial charge in [-0.15, -0.1) is 0 Å². The van der Waals surface area contributed by atoms with Gasteiger partial charge in [-0.3, -0.25) is 10.9 Å². The Morgan fingerprint density at radius 2 is 1.25 bits per heavy atom. The van der Waals surface area contributed by atoms with Crippen LogP contribution >= 0.6 is 0 Å². The van der Waals surface area contributed by atoms with E-state index in [4.69, 9.17) is 0 Å². The number of hydrogen-bond acceptors (Lipinski definition) is 2. The minimum absolute atomic E-state index is 0.673. The summed E-state index contributed by atoms with van der Waals surface area (Å²) in [6.45, 7) is 4.61. The average molecular weight is 168 g/mol. The largest absolute Gasteiger partial charge is 0.255 e. The van der Waals surface area contributed by atoms with E-state index in [0.29, 0.717) is 12.1 Å². The smallest absolute Gasteiger partial charge is 0.0216 e. The standard InChI is InChI=1S/C10H20N2/c1-7-9-5-3-4-6-10(9)8(2)12-11-7/h7-12H,3-6H2,1-2H3. The third-order valence-electron chi connectivity index (χ3n) is 3.70. The maximum Gasteiger partial charge on any atom is 0.0216 e. The highest BCUT2D eigenvalue weighted by atomic mass is 15.4. The first-order valence-corrected chi connectivity index (χ1v) is 5.30. The van der Waals surface area contributed by atoms with Crippen LogP contribution in [0.1, 0.15) is 39.5 Å². The molecule has 0 bridgehead atoms. The molecule has 2 aliphatic rings. The van der Waals surface area contributed by atoms with Crippen molar-refractivity contribution in [1.82, 2.24) is 10.9 Å². The molecular weight excluding hydrogens is 148 g/mol. The van der Waals surface area contributed by atoms with Crippen molar-refractivity contribution in [1.29, 1.82) is 0 Å². The Morgan fingerprint density at radius 3 is 1.67 bits per heavy atom. The van der Waals surface area contributed by atoms with Crippen LogP contribution in [0.2, 0.25) is 0 Å². The van der Waals surface area contributed by atoms with Gasteiger partial charge >= 0.3 is 0 Å².